The summed E-state index contributed by atoms with van der Waals surface area (Å²) in [5.41, 5.74) is 6.41. The van der Waals surface area contributed by atoms with Gasteiger partial charge in [0.25, 0.3) is 0 Å². The number of benzene rings is 1. The molecule has 0 bridgehead atoms. The van der Waals surface area contributed by atoms with Crippen molar-refractivity contribution in [1.29, 1.82) is 0 Å². The molecule has 0 aliphatic heterocycles. The van der Waals surface area contributed by atoms with Crippen molar-refractivity contribution in [3.63, 3.8) is 0 Å². The van der Waals surface area contributed by atoms with Crippen LogP contribution in [0.1, 0.15) is 38.1 Å². The molecule has 0 heterocycles. The minimum Gasteiger partial charge on any atom is -0.461 e. The molecular formula is C18H29NO4. The Morgan fingerprint density at radius 1 is 1.00 bits per heavy atom. The molecule has 5 heteroatoms. The Morgan fingerprint density at radius 3 is 2.13 bits per heavy atom. The Balaban J connectivity index is 2.57. The molecule has 0 spiro atoms. The average molecular weight is 323 g/mol. The quantitative estimate of drug-likeness (QED) is 0.588. The first kappa shape index (κ1) is 19.5. The van der Waals surface area contributed by atoms with Crippen molar-refractivity contribution in [1.82, 2.24) is 0 Å². The van der Waals surface area contributed by atoms with E-state index in [2.05, 4.69) is 20.8 Å². The van der Waals surface area contributed by atoms with Gasteiger partial charge in [-0.15, -0.1) is 0 Å². The lowest BCUT2D eigenvalue weighted by Crippen LogP contribution is -2.36. The fourth-order valence-electron chi connectivity index (χ4n) is 2.02. The lowest BCUT2D eigenvalue weighted by molar-refractivity contribution is -0.0515. The summed E-state index contributed by atoms with van der Waals surface area (Å²) in [5.74, 6) is -0.372. The van der Waals surface area contributed by atoms with Crippen LogP contribution in [0.15, 0.2) is 24.3 Å². The van der Waals surface area contributed by atoms with Gasteiger partial charge in [0.05, 0.1) is 25.4 Å². The zero-order valence-corrected chi connectivity index (χ0v) is 14.8. The fraction of sp³-hybridized carbons (Fsp3) is 0.611. The Hall–Kier alpha value is -1.59. The maximum absolute atomic E-state index is 12.1. The van der Waals surface area contributed by atoms with Crippen molar-refractivity contribution in [3.8, 4) is 0 Å². The number of ether oxygens (including phenoxy) is 3. The van der Waals surface area contributed by atoms with Crippen LogP contribution in [0.4, 0.5) is 5.69 Å². The third kappa shape index (κ3) is 7.48. The number of hydrogen-bond acceptors (Lipinski definition) is 5. The highest BCUT2D eigenvalue weighted by atomic mass is 16.5. The van der Waals surface area contributed by atoms with Gasteiger partial charge in [-0.05, 0) is 29.7 Å². The molecule has 23 heavy (non-hydrogen) atoms. The van der Waals surface area contributed by atoms with Gasteiger partial charge in [-0.2, -0.15) is 0 Å². The summed E-state index contributed by atoms with van der Waals surface area (Å²) < 4.78 is 16.5. The molecular weight excluding hydrogens is 294 g/mol. The molecule has 2 N–H and O–H groups in total. The maximum Gasteiger partial charge on any atom is 0.338 e. The normalized spacial score (nSPS) is 14.3. The molecule has 1 aromatic rings. The molecule has 0 aliphatic rings. The van der Waals surface area contributed by atoms with Gasteiger partial charge in [0.2, 0.25) is 0 Å². The van der Waals surface area contributed by atoms with Crippen LogP contribution in [0.25, 0.3) is 0 Å². The Kier molecular flexibility index (Phi) is 7.03. The van der Waals surface area contributed by atoms with Crippen LogP contribution < -0.4 is 5.73 Å². The van der Waals surface area contributed by atoms with Gasteiger partial charge in [0, 0.05) is 18.2 Å². The molecule has 1 unspecified atom stereocenters. The number of nitrogen functional groups attached to an aromatic ring is 1. The molecule has 0 fully saturated rings. The topological polar surface area (TPSA) is 70.8 Å². The Morgan fingerprint density at radius 2 is 1.61 bits per heavy atom. The van der Waals surface area contributed by atoms with Crippen LogP contribution in [0.2, 0.25) is 0 Å². The number of hydrogen-bond donors (Lipinski definition) is 1. The first-order valence-electron chi connectivity index (χ1n) is 7.75. The first-order chi connectivity index (χ1) is 10.7. The van der Waals surface area contributed by atoms with Crippen molar-refractivity contribution < 1.29 is 19.0 Å². The van der Waals surface area contributed by atoms with E-state index in [1.54, 1.807) is 31.4 Å². The van der Waals surface area contributed by atoms with E-state index < -0.39 is 0 Å². The molecule has 1 aromatic carbocycles. The van der Waals surface area contributed by atoms with Crippen LogP contribution >= 0.6 is 0 Å². The van der Waals surface area contributed by atoms with Crippen molar-refractivity contribution in [2.45, 2.75) is 27.7 Å². The highest BCUT2D eigenvalue weighted by molar-refractivity contribution is 5.89. The molecule has 1 atom stereocenters. The zero-order chi connectivity index (χ0) is 17.5. The largest absolute Gasteiger partial charge is 0.461 e. The van der Waals surface area contributed by atoms with E-state index in [1.165, 1.54) is 0 Å². The molecule has 0 aromatic heterocycles. The van der Waals surface area contributed by atoms with Crippen LogP contribution in [0.5, 0.6) is 0 Å². The smallest absolute Gasteiger partial charge is 0.338 e. The van der Waals surface area contributed by atoms with Crippen LogP contribution in [-0.4, -0.2) is 39.5 Å². The standard InChI is InChI=1S/C18H29NO4/c1-17(2,3)10-22-12-18(4,11-21-5)13-23-16(20)14-6-8-15(19)9-7-14/h6-9H,10-13,19H2,1-5H3. The zero-order valence-electron chi connectivity index (χ0n) is 14.8. The van der Waals surface area contributed by atoms with Gasteiger partial charge in [0.15, 0.2) is 0 Å². The van der Waals surface area contributed by atoms with E-state index in [4.69, 9.17) is 19.9 Å². The predicted octanol–water partition coefficient (Wildman–Crippen LogP) is 3.14. The first-order valence-corrected chi connectivity index (χ1v) is 7.75. The van der Waals surface area contributed by atoms with E-state index >= 15 is 0 Å². The van der Waals surface area contributed by atoms with Gasteiger partial charge in [-0.1, -0.05) is 27.7 Å². The average Bonchev–Trinajstić information content (AvgIpc) is 2.44. The van der Waals surface area contributed by atoms with Crippen molar-refractivity contribution in [3.05, 3.63) is 29.8 Å². The summed E-state index contributed by atoms with van der Waals surface area (Å²) >= 11 is 0. The van der Waals surface area contributed by atoms with Crippen molar-refractivity contribution in [2.75, 3.05) is 39.3 Å². The number of carbonyl (C=O) groups excluding carboxylic acids is 1. The van der Waals surface area contributed by atoms with Gasteiger partial charge in [-0.3, -0.25) is 0 Å². The molecule has 130 valence electrons. The molecule has 0 saturated carbocycles. The third-order valence-corrected chi connectivity index (χ3v) is 3.18. The molecule has 1 rings (SSSR count). The minimum atomic E-state index is -0.385. The molecule has 0 saturated heterocycles. The number of rotatable bonds is 8. The maximum atomic E-state index is 12.1. The van der Waals surface area contributed by atoms with Crippen molar-refractivity contribution in [2.24, 2.45) is 10.8 Å². The second-order valence-electron chi connectivity index (χ2n) is 7.50. The molecule has 0 radical (unpaired) electrons. The monoisotopic (exact) mass is 323 g/mol. The SMILES string of the molecule is COCC(C)(COCC(C)(C)C)COC(=O)c1ccc(N)cc1. The lowest BCUT2D eigenvalue weighted by atomic mass is 9.93. The second kappa shape index (κ2) is 8.31. The van der Waals surface area contributed by atoms with Gasteiger partial charge >= 0.3 is 5.97 Å². The summed E-state index contributed by atoms with van der Waals surface area (Å²) in [6, 6.07) is 6.66. The van der Waals surface area contributed by atoms with Crippen molar-refractivity contribution >= 4 is 11.7 Å². The Bertz CT molecular complexity index is 493. The van der Waals surface area contributed by atoms with E-state index in [9.17, 15) is 4.79 Å². The van der Waals surface area contributed by atoms with Gasteiger partial charge < -0.3 is 19.9 Å². The van der Waals surface area contributed by atoms with E-state index in [0.717, 1.165) is 0 Å². The fourth-order valence-corrected chi connectivity index (χ4v) is 2.02. The Labute approximate surface area is 139 Å². The van der Waals surface area contributed by atoms with Gasteiger partial charge in [-0.25, -0.2) is 4.79 Å². The summed E-state index contributed by atoms with van der Waals surface area (Å²) in [4.78, 5) is 12.1. The summed E-state index contributed by atoms with van der Waals surface area (Å²) in [7, 11) is 1.63. The number of carbonyl (C=O) groups is 1. The second-order valence-corrected chi connectivity index (χ2v) is 7.50. The predicted molar refractivity (Wildman–Crippen MR) is 91.4 cm³/mol. The summed E-state index contributed by atoms with van der Waals surface area (Å²) in [5, 5.41) is 0. The number of anilines is 1. The molecule has 5 nitrogen and oxygen atoms in total. The number of nitrogens with two attached hydrogens (primary N) is 1. The number of esters is 1. The summed E-state index contributed by atoms with van der Waals surface area (Å²) in [6.07, 6.45) is 0. The van der Waals surface area contributed by atoms with Gasteiger partial charge in [0.1, 0.15) is 6.61 Å². The third-order valence-electron chi connectivity index (χ3n) is 3.18. The minimum absolute atomic E-state index is 0.0919. The molecule has 0 amide bonds. The van der Waals surface area contributed by atoms with Crippen LogP contribution in [0, 0.1) is 10.8 Å². The lowest BCUT2D eigenvalue weighted by Gasteiger charge is -2.29. The van der Waals surface area contributed by atoms with E-state index in [0.29, 0.717) is 31.1 Å². The van der Waals surface area contributed by atoms with E-state index in [-0.39, 0.29) is 23.4 Å². The number of methoxy groups -OCH3 is 1. The van der Waals surface area contributed by atoms with E-state index in [1.807, 2.05) is 6.92 Å². The van der Waals surface area contributed by atoms with Crippen LogP contribution in [0.3, 0.4) is 0 Å². The summed E-state index contributed by atoms with van der Waals surface area (Å²) in [6.45, 7) is 10.1. The highest BCUT2D eigenvalue weighted by Gasteiger charge is 2.28. The highest BCUT2D eigenvalue weighted by Crippen LogP contribution is 2.21. The molecule has 0 aliphatic carbocycles. The van der Waals surface area contributed by atoms with Crippen LogP contribution in [-0.2, 0) is 14.2 Å².